The third kappa shape index (κ3) is 2.53. The van der Waals surface area contributed by atoms with Gasteiger partial charge in [-0.3, -0.25) is 0 Å². The van der Waals surface area contributed by atoms with Gasteiger partial charge < -0.3 is 11.5 Å². The van der Waals surface area contributed by atoms with Crippen molar-refractivity contribution in [3.8, 4) is 11.1 Å². The lowest BCUT2D eigenvalue weighted by atomic mass is 10.1. The largest absolute Gasteiger partial charge is 0.399 e. The second kappa shape index (κ2) is 4.55. The molecule has 2 aromatic rings. The molecule has 0 spiro atoms. The van der Waals surface area contributed by atoms with Gasteiger partial charge in [0.1, 0.15) is 0 Å². The summed E-state index contributed by atoms with van der Waals surface area (Å²) in [4.78, 5) is 0. The predicted molar refractivity (Wildman–Crippen MR) is 66.5 cm³/mol. The maximum atomic E-state index is 5.61. The first-order chi connectivity index (χ1) is 6.75. The van der Waals surface area contributed by atoms with Crippen LogP contribution in [0.1, 0.15) is 0 Å². The third-order valence-electron chi connectivity index (χ3n) is 2.15. The van der Waals surface area contributed by atoms with Crippen LogP contribution in [0.4, 0.5) is 11.4 Å². The van der Waals surface area contributed by atoms with Crippen LogP contribution in [-0.4, -0.2) is 8.41 Å². The van der Waals surface area contributed by atoms with Crippen LogP contribution in [0.5, 0.6) is 0 Å². The van der Waals surface area contributed by atoms with Crippen LogP contribution in [0.15, 0.2) is 48.5 Å². The first-order valence-electron chi connectivity index (χ1n) is 4.47. The number of rotatable bonds is 1. The van der Waals surface area contributed by atoms with Gasteiger partial charge in [0.15, 0.2) is 0 Å². The minimum Gasteiger partial charge on any atom is -0.399 e. The Morgan fingerprint density at radius 1 is 0.533 bits per heavy atom. The van der Waals surface area contributed by atoms with Gasteiger partial charge in [0, 0.05) is 19.8 Å². The summed E-state index contributed by atoms with van der Waals surface area (Å²) in [6, 6.07) is 15.6. The average Bonchev–Trinajstić information content (AvgIpc) is 2.21. The highest BCUT2D eigenvalue weighted by molar-refractivity contribution is 5.75. The molecule has 15 heavy (non-hydrogen) atoms. The van der Waals surface area contributed by atoms with Crippen LogP contribution in [0, 0.1) is 0 Å². The van der Waals surface area contributed by atoms with E-state index in [9.17, 15) is 0 Å². The summed E-state index contributed by atoms with van der Waals surface area (Å²) >= 11 is 0. The van der Waals surface area contributed by atoms with E-state index in [4.69, 9.17) is 11.5 Å². The van der Waals surface area contributed by atoms with Crippen molar-refractivity contribution < 1.29 is 0 Å². The van der Waals surface area contributed by atoms with E-state index >= 15 is 0 Å². The van der Waals surface area contributed by atoms with E-state index in [1.807, 2.05) is 48.5 Å². The average molecular weight is 195 g/mol. The molecule has 0 heterocycles. The van der Waals surface area contributed by atoms with Gasteiger partial charge in [0.2, 0.25) is 0 Å². The molecule has 2 nitrogen and oxygen atoms in total. The highest BCUT2D eigenvalue weighted by atomic mass is 14.5. The fourth-order valence-electron chi connectivity index (χ4n) is 1.35. The van der Waals surface area contributed by atoms with E-state index in [-0.39, 0.29) is 8.41 Å². The van der Waals surface area contributed by atoms with Crippen molar-refractivity contribution in [2.75, 3.05) is 11.5 Å². The molecule has 4 N–H and O–H groups in total. The standard InChI is InChI=1S/C12H12N2.B/c13-11-5-1-9(2-6-11)10-3-7-12(14)8-4-10;/h1-8H,13-14H2;. The van der Waals surface area contributed by atoms with Gasteiger partial charge in [-0.25, -0.2) is 0 Å². The molecule has 0 aliphatic rings. The van der Waals surface area contributed by atoms with Crippen LogP contribution in [-0.2, 0) is 0 Å². The molecule has 0 aliphatic carbocycles. The molecule has 0 saturated heterocycles. The van der Waals surface area contributed by atoms with Crippen molar-refractivity contribution in [3.63, 3.8) is 0 Å². The van der Waals surface area contributed by atoms with Gasteiger partial charge in [-0.05, 0) is 35.4 Å². The van der Waals surface area contributed by atoms with Crippen molar-refractivity contribution in [1.82, 2.24) is 0 Å². The lowest BCUT2D eigenvalue weighted by Crippen LogP contribution is -1.85. The predicted octanol–water partition coefficient (Wildman–Crippen LogP) is 2.14. The normalized spacial score (nSPS) is 9.33. The topological polar surface area (TPSA) is 52.0 Å². The Bertz CT molecular complexity index is 377. The summed E-state index contributed by atoms with van der Waals surface area (Å²) < 4.78 is 0. The first kappa shape index (κ1) is 11.2. The quantitative estimate of drug-likeness (QED) is 0.540. The van der Waals surface area contributed by atoms with Crippen molar-refractivity contribution in [3.05, 3.63) is 48.5 Å². The lowest BCUT2D eigenvalue weighted by Gasteiger charge is -2.02. The van der Waals surface area contributed by atoms with E-state index in [1.165, 1.54) is 0 Å². The molecule has 0 saturated carbocycles. The second-order valence-corrected chi connectivity index (χ2v) is 3.24. The Kier molecular flexibility index (Phi) is 3.39. The van der Waals surface area contributed by atoms with Crippen LogP contribution < -0.4 is 11.5 Å². The van der Waals surface area contributed by atoms with Crippen molar-refractivity contribution in [1.29, 1.82) is 0 Å². The Balaban J connectivity index is 0.00000112. The summed E-state index contributed by atoms with van der Waals surface area (Å²) in [7, 11) is 0. The molecule has 0 aromatic heterocycles. The van der Waals surface area contributed by atoms with E-state index < -0.39 is 0 Å². The molecular weight excluding hydrogens is 183 g/mol. The van der Waals surface area contributed by atoms with E-state index in [0.29, 0.717) is 0 Å². The van der Waals surface area contributed by atoms with E-state index in [0.717, 1.165) is 22.5 Å². The highest BCUT2D eigenvalue weighted by Crippen LogP contribution is 2.21. The Hall–Kier alpha value is -1.90. The fourth-order valence-corrected chi connectivity index (χ4v) is 1.35. The summed E-state index contributed by atoms with van der Waals surface area (Å²) in [6.07, 6.45) is 0. The van der Waals surface area contributed by atoms with Crippen LogP contribution in [0.3, 0.4) is 0 Å². The van der Waals surface area contributed by atoms with Crippen LogP contribution >= 0.6 is 0 Å². The SMILES string of the molecule is Nc1ccc(-c2ccc(N)cc2)cc1.[B]. The van der Waals surface area contributed by atoms with E-state index in [1.54, 1.807) is 0 Å². The van der Waals surface area contributed by atoms with Crippen LogP contribution in [0.2, 0.25) is 0 Å². The summed E-state index contributed by atoms with van der Waals surface area (Å²) in [5, 5.41) is 0. The van der Waals surface area contributed by atoms with Gasteiger partial charge in [0.25, 0.3) is 0 Å². The maximum absolute atomic E-state index is 5.61. The molecule has 0 aliphatic heterocycles. The number of nitrogens with two attached hydrogens (primary N) is 2. The molecule has 0 unspecified atom stereocenters. The first-order valence-corrected chi connectivity index (χ1v) is 4.47. The summed E-state index contributed by atoms with van der Waals surface area (Å²) in [5.74, 6) is 0. The Morgan fingerprint density at radius 3 is 1.07 bits per heavy atom. The number of hydrogen-bond donors (Lipinski definition) is 2. The van der Waals surface area contributed by atoms with Gasteiger partial charge in [-0.15, -0.1) is 0 Å². The van der Waals surface area contributed by atoms with Gasteiger partial charge in [0.05, 0.1) is 0 Å². The number of nitrogen functional groups attached to an aromatic ring is 2. The fraction of sp³-hybridized carbons (Fsp3) is 0. The number of benzene rings is 2. The van der Waals surface area contributed by atoms with Gasteiger partial charge >= 0.3 is 0 Å². The highest BCUT2D eigenvalue weighted by Gasteiger charge is 1.95. The minimum absolute atomic E-state index is 0. The maximum Gasteiger partial charge on any atom is 0.0314 e. The van der Waals surface area contributed by atoms with Gasteiger partial charge in [-0.1, -0.05) is 24.3 Å². The Morgan fingerprint density at radius 2 is 0.800 bits per heavy atom. The zero-order valence-electron chi connectivity index (χ0n) is 8.35. The Labute approximate surface area is 91.5 Å². The lowest BCUT2D eigenvalue weighted by molar-refractivity contribution is 1.61. The molecule has 0 amide bonds. The second-order valence-electron chi connectivity index (χ2n) is 3.24. The van der Waals surface area contributed by atoms with Gasteiger partial charge in [-0.2, -0.15) is 0 Å². The molecule has 0 fully saturated rings. The number of anilines is 2. The molecule has 3 radical (unpaired) electrons. The summed E-state index contributed by atoms with van der Waals surface area (Å²) in [5.41, 5.74) is 15.1. The molecule has 3 heteroatoms. The third-order valence-corrected chi connectivity index (χ3v) is 2.15. The minimum atomic E-state index is 0. The molecule has 2 rings (SSSR count). The number of hydrogen-bond acceptors (Lipinski definition) is 2. The molecule has 2 aromatic carbocycles. The molecule has 0 atom stereocenters. The van der Waals surface area contributed by atoms with Crippen LogP contribution in [0.25, 0.3) is 11.1 Å². The zero-order valence-corrected chi connectivity index (χ0v) is 8.35. The van der Waals surface area contributed by atoms with Crippen molar-refractivity contribution in [2.45, 2.75) is 0 Å². The van der Waals surface area contributed by atoms with Crippen molar-refractivity contribution >= 4 is 19.8 Å². The zero-order chi connectivity index (χ0) is 9.97. The monoisotopic (exact) mass is 195 g/mol. The molecular formula is C12H12BN2. The molecule has 73 valence electrons. The smallest absolute Gasteiger partial charge is 0.0314 e. The van der Waals surface area contributed by atoms with E-state index in [2.05, 4.69) is 0 Å². The molecule has 0 bridgehead atoms. The summed E-state index contributed by atoms with van der Waals surface area (Å²) in [6.45, 7) is 0. The van der Waals surface area contributed by atoms with Crippen molar-refractivity contribution in [2.24, 2.45) is 0 Å².